The molecule has 0 saturated heterocycles. The summed E-state index contributed by atoms with van der Waals surface area (Å²) in [5.41, 5.74) is 4.54. The molecule has 0 atom stereocenters. The van der Waals surface area contributed by atoms with Crippen LogP contribution in [-0.4, -0.2) is 37.7 Å². The quantitative estimate of drug-likeness (QED) is 0.152. The number of hydrogen-bond acceptors (Lipinski definition) is 6. The van der Waals surface area contributed by atoms with Crippen LogP contribution >= 0.6 is 11.6 Å². The van der Waals surface area contributed by atoms with Crippen molar-refractivity contribution >= 4 is 22.6 Å². The van der Waals surface area contributed by atoms with Gasteiger partial charge in [-0.2, -0.15) is 0 Å². The molecule has 0 bridgehead atoms. The molecule has 0 spiro atoms. The van der Waals surface area contributed by atoms with Gasteiger partial charge in [0.05, 0.1) is 24.5 Å². The minimum absolute atomic E-state index is 0.427. The minimum Gasteiger partial charge on any atom is -0.494 e. The molecule has 6 rings (SSSR count). The van der Waals surface area contributed by atoms with Crippen LogP contribution in [0, 0.1) is 11.8 Å². The predicted octanol–water partition coefficient (Wildman–Crippen LogP) is 7.41. The summed E-state index contributed by atoms with van der Waals surface area (Å²) in [5.74, 6) is 8.35. The van der Waals surface area contributed by atoms with E-state index in [4.69, 9.17) is 21.1 Å². The molecule has 4 heterocycles. The molecular weight excluding hydrogens is 546 g/mol. The molecule has 2 aromatic carbocycles. The van der Waals surface area contributed by atoms with E-state index < -0.39 is 0 Å². The number of rotatable bonds is 6. The van der Waals surface area contributed by atoms with E-state index in [1.54, 1.807) is 30.9 Å². The number of halogens is 1. The summed E-state index contributed by atoms with van der Waals surface area (Å²) in [4.78, 5) is 17.3. The first-order valence-electron chi connectivity index (χ1n) is 13.5. The van der Waals surface area contributed by atoms with Crippen molar-refractivity contribution in [3.05, 3.63) is 126 Å². The third kappa shape index (κ3) is 6.92. The van der Waals surface area contributed by atoms with E-state index in [1.807, 2.05) is 91.2 Å². The number of nitrogens with zero attached hydrogens (tertiary/aromatic N) is 5. The monoisotopic (exact) mass is 573 g/mol. The second kappa shape index (κ2) is 13.9. The average molecular weight is 574 g/mol. The molecule has 8 heteroatoms. The number of benzene rings is 2. The Bertz CT molecular complexity index is 1810. The maximum atomic E-state index is 5.92. The van der Waals surface area contributed by atoms with Crippen LogP contribution in [0.25, 0.3) is 28.2 Å². The Kier molecular flexibility index (Phi) is 9.40. The van der Waals surface area contributed by atoms with Crippen LogP contribution < -0.4 is 9.47 Å². The van der Waals surface area contributed by atoms with Crippen molar-refractivity contribution in [3.63, 3.8) is 0 Å². The van der Waals surface area contributed by atoms with Crippen LogP contribution in [0.2, 0.25) is 5.15 Å². The fourth-order valence-corrected chi connectivity index (χ4v) is 4.33. The standard InChI is InChI=1S/C19H16N4O.C15H12ClNO/c1-2-24-16-8-6-14(7-9-16)17-13-15-5-3-10-20-18(15)23(17)19-21-11-4-12-22-19;1-2-18-14-9-6-12(7-10-14)5-8-13-4-3-11-17-15(13)16/h3-13H,2H2,1H3;3-4,6-7,9-11H,2H2,1H3. The molecule has 0 aliphatic carbocycles. The highest BCUT2D eigenvalue weighted by Crippen LogP contribution is 2.30. The fraction of sp³-hybridized carbons (Fsp3) is 0.118. The van der Waals surface area contributed by atoms with Gasteiger partial charge in [-0.15, -0.1) is 0 Å². The molecule has 0 saturated carbocycles. The smallest absolute Gasteiger partial charge is 0.235 e. The zero-order chi connectivity index (χ0) is 29.1. The van der Waals surface area contributed by atoms with Gasteiger partial charge in [0.25, 0.3) is 0 Å². The number of fused-ring (bicyclic) bond motifs is 1. The number of pyridine rings is 2. The van der Waals surface area contributed by atoms with E-state index in [1.165, 1.54) is 0 Å². The lowest BCUT2D eigenvalue weighted by atomic mass is 10.1. The van der Waals surface area contributed by atoms with Crippen LogP contribution in [0.5, 0.6) is 11.5 Å². The molecule has 0 N–H and O–H groups in total. The van der Waals surface area contributed by atoms with Crippen molar-refractivity contribution in [3.8, 4) is 40.5 Å². The highest BCUT2D eigenvalue weighted by atomic mass is 35.5. The average Bonchev–Trinajstić information content (AvgIpc) is 3.43. The third-order valence-electron chi connectivity index (χ3n) is 6.04. The zero-order valence-electron chi connectivity index (χ0n) is 23.2. The van der Waals surface area contributed by atoms with E-state index >= 15 is 0 Å². The van der Waals surface area contributed by atoms with E-state index in [2.05, 4.69) is 37.8 Å². The van der Waals surface area contributed by atoms with Gasteiger partial charge in [-0.3, -0.25) is 4.57 Å². The fourth-order valence-electron chi connectivity index (χ4n) is 4.16. The van der Waals surface area contributed by atoms with Crippen LogP contribution in [0.3, 0.4) is 0 Å². The molecule has 0 aliphatic heterocycles. The maximum absolute atomic E-state index is 5.92. The van der Waals surface area contributed by atoms with E-state index in [-0.39, 0.29) is 0 Å². The predicted molar refractivity (Wildman–Crippen MR) is 166 cm³/mol. The van der Waals surface area contributed by atoms with Crippen molar-refractivity contribution in [2.75, 3.05) is 13.2 Å². The Hall–Kier alpha value is -5.19. The van der Waals surface area contributed by atoms with E-state index in [9.17, 15) is 0 Å². The van der Waals surface area contributed by atoms with Crippen molar-refractivity contribution in [1.29, 1.82) is 0 Å². The second-order valence-electron chi connectivity index (χ2n) is 8.84. The van der Waals surface area contributed by atoms with Crippen molar-refractivity contribution in [1.82, 2.24) is 24.5 Å². The molecule has 7 nitrogen and oxygen atoms in total. The van der Waals surface area contributed by atoms with Gasteiger partial charge in [-0.25, -0.2) is 19.9 Å². The van der Waals surface area contributed by atoms with Gasteiger partial charge in [0, 0.05) is 35.7 Å². The Morgan fingerprint density at radius 1 is 0.690 bits per heavy atom. The molecule has 208 valence electrons. The molecular formula is C34H28ClN5O2. The third-order valence-corrected chi connectivity index (χ3v) is 6.34. The van der Waals surface area contributed by atoms with Gasteiger partial charge in [0.1, 0.15) is 22.3 Å². The topological polar surface area (TPSA) is 75.0 Å². The van der Waals surface area contributed by atoms with Gasteiger partial charge >= 0.3 is 0 Å². The van der Waals surface area contributed by atoms with E-state index in [0.717, 1.165) is 44.9 Å². The SMILES string of the molecule is CCOc1ccc(-c2cc3cccnc3n2-c2ncccn2)cc1.CCOc1ccc(C#Cc2cccnc2Cl)cc1. The number of ether oxygens (including phenoxy) is 2. The second-order valence-corrected chi connectivity index (χ2v) is 9.19. The molecule has 42 heavy (non-hydrogen) atoms. The van der Waals surface area contributed by atoms with Gasteiger partial charge in [0.2, 0.25) is 5.95 Å². The summed E-state index contributed by atoms with van der Waals surface area (Å²) < 4.78 is 12.9. The summed E-state index contributed by atoms with van der Waals surface area (Å²) in [6, 6.07) is 27.2. The molecule has 0 radical (unpaired) electrons. The van der Waals surface area contributed by atoms with Crippen molar-refractivity contribution < 1.29 is 9.47 Å². The summed E-state index contributed by atoms with van der Waals surface area (Å²) in [6.45, 7) is 5.25. The van der Waals surface area contributed by atoms with Gasteiger partial charge in [0.15, 0.2) is 0 Å². The molecule has 6 aromatic rings. The van der Waals surface area contributed by atoms with Crippen LogP contribution in [0.15, 0.2) is 110 Å². The summed E-state index contributed by atoms with van der Waals surface area (Å²) in [5, 5.41) is 1.48. The van der Waals surface area contributed by atoms with Crippen LogP contribution in [0.4, 0.5) is 0 Å². The first-order valence-corrected chi connectivity index (χ1v) is 13.9. The van der Waals surface area contributed by atoms with Crippen molar-refractivity contribution in [2.45, 2.75) is 13.8 Å². The highest BCUT2D eigenvalue weighted by Gasteiger charge is 2.15. The Labute approximate surface area is 249 Å². The Morgan fingerprint density at radius 3 is 1.98 bits per heavy atom. The molecule has 0 aliphatic rings. The number of aromatic nitrogens is 5. The normalized spacial score (nSPS) is 10.3. The highest BCUT2D eigenvalue weighted by molar-refractivity contribution is 6.30. The molecule has 0 amide bonds. The van der Waals surface area contributed by atoms with Gasteiger partial charge < -0.3 is 9.47 Å². The van der Waals surface area contributed by atoms with E-state index in [0.29, 0.717) is 24.3 Å². The summed E-state index contributed by atoms with van der Waals surface area (Å²) in [6.07, 6.45) is 6.90. The van der Waals surface area contributed by atoms with Gasteiger partial charge in [-0.1, -0.05) is 23.4 Å². The first kappa shape index (κ1) is 28.3. The number of hydrogen-bond donors (Lipinski definition) is 0. The van der Waals surface area contributed by atoms with Crippen LogP contribution in [-0.2, 0) is 0 Å². The lowest BCUT2D eigenvalue weighted by Crippen LogP contribution is -2.02. The molecule has 0 fully saturated rings. The lowest BCUT2D eigenvalue weighted by Gasteiger charge is -2.09. The largest absolute Gasteiger partial charge is 0.494 e. The zero-order valence-corrected chi connectivity index (χ0v) is 24.0. The van der Waals surface area contributed by atoms with Crippen molar-refractivity contribution in [2.24, 2.45) is 0 Å². The Morgan fingerprint density at radius 2 is 1.31 bits per heavy atom. The first-order chi connectivity index (χ1) is 20.7. The summed E-state index contributed by atoms with van der Waals surface area (Å²) in [7, 11) is 0. The lowest BCUT2D eigenvalue weighted by molar-refractivity contribution is 0.340. The summed E-state index contributed by atoms with van der Waals surface area (Å²) >= 11 is 5.92. The maximum Gasteiger partial charge on any atom is 0.235 e. The minimum atomic E-state index is 0.427. The van der Waals surface area contributed by atoms with Crippen LogP contribution in [0.1, 0.15) is 25.0 Å². The van der Waals surface area contributed by atoms with Gasteiger partial charge in [-0.05, 0) is 104 Å². The molecule has 4 aromatic heterocycles. The molecule has 0 unspecified atom stereocenters. The Balaban J connectivity index is 0.000000176.